The van der Waals surface area contributed by atoms with Gasteiger partial charge in [0.2, 0.25) is 11.8 Å². The van der Waals surface area contributed by atoms with E-state index in [-0.39, 0.29) is 30.2 Å². The fourth-order valence-electron chi connectivity index (χ4n) is 3.23. The summed E-state index contributed by atoms with van der Waals surface area (Å²) in [6, 6.07) is 0.899. The molecule has 1 aromatic heterocycles. The van der Waals surface area contributed by atoms with Gasteiger partial charge in [-0.3, -0.25) is 9.48 Å². The molecule has 0 spiro atoms. The second-order valence-corrected chi connectivity index (χ2v) is 6.28. The van der Waals surface area contributed by atoms with Gasteiger partial charge in [0.1, 0.15) is 5.69 Å². The van der Waals surface area contributed by atoms with Crippen LogP contribution in [0.25, 0.3) is 0 Å². The monoisotopic (exact) mass is 331 g/mol. The molecule has 23 heavy (non-hydrogen) atoms. The molecule has 1 amide bonds. The lowest BCUT2D eigenvalue weighted by atomic mass is 9.73. The van der Waals surface area contributed by atoms with Crippen LogP contribution in [-0.4, -0.2) is 40.3 Å². The SMILES string of the molecule is Cn1nc(OC[C@H]2CC[C@H]2C(=O)N2CCCC2)cc1C(F)(F)F. The van der Waals surface area contributed by atoms with E-state index in [1.54, 1.807) is 0 Å². The number of halogens is 3. The molecule has 5 nitrogen and oxygen atoms in total. The van der Waals surface area contributed by atoms with Gasteiger partial charge >= 0.3 is 6.18 Å². The fraction of sp³-hybridized carbons (Fsp3) is 0.733. The van der Waals surface area contributed by atoms with Crippen LogP contribution in [0.5, 0.6) is 5.88 Å². The van der Waals surface area contributed by atoms with Gasteiger partial charge in [-0.25, -0.2) is 0 Å². The van der Waals surface area contributed by atoms with Crippen molar-refractivity contribution in [2.45, 2.75) is 31.9 Å². The molecule has 1 aromatic rings. The van der Waals surface area contributed by atoms with Crippen molar-refractivity contribution in [3.8, 4) is 5.88 Å². The first-order valence-electron chi connectivity index (χ1n) is 7.89. The highest BCUT2D eigenvalue weighted by atomic mass is 19.4. The molecule has 2 heterocycles. The number of likely N-dealkylation sites (tertiary alicyclic amines) is 1. The molecule has 0 unspecified atom stereocenters. The Morgan fingerprint density at radius 1 is 1.35 bits per heavy atom. The van der Waals surface area contributed by atoms with E-state index in [9.17, 15) is 18.0 Å². The van der Waals surface area contributed by atoms with Gasteiger partial charge in [-0.2, -0.15) is 13.2 Å². The molecule has 1 aliphatic carbocycles. The van der Waals surface area contributed by atoms with Crippen molar-refractivity contribution < 1.29 is 22.7 Å². The average Bonchev–Trinajstić information content (AvgIpc) is 3.06. The maximum atomic E-state index is 12.7. The van der Waals surface area contributed by atoms with Crippen LogP contribution in [0.1, 0.15) is 31.4 Å². The molecule has 2 aliphatic rings. The summed E-state index contributed by atoms with van der Waals surface area (Å²) in [5.74, 6) is 0.136. The highest BCUT2D eigenvalue weighted by Gasteiger charge is 2.40. The molecule has 1 saturated heterocycles. The van der Waals surface area contributed by atoms with Gasteiger partial charge in [-0.1, -0.05) is 0 Å². The number of nitrogens with zero attached hydrogens (tertiary/aromatic N) is 3. The summed E-state index contributed by atoms with van der Waals surface area (Å²) in [6.45, 7) is 1.87. The Morgan fingerprint density at radius 2 is 2.04 bits per heavy atom. The second-order valence-electron chi connectivity index (χ2n) is 6.28. The van der Waals surface area contributed by atoms with E-state index in [2.05, 4.69) is 5.10 Å². The Bertz CT molecular complexity index is 579. The third-order valence-corrected chi connectivity index (χ3v) is 4.75. The molecule has 8 heteroatoms. The van der Waals surface area contributed by atoms with E-state index >= 15 is 0 Å². The van der Waals surface area contributed by atoms with Crippen LogP contribution in [0.4, 0.5) is 13.2 Å². The summed E-state index contributed by atoms with van der Waals surface area (Å²) >= 11 is 0. The van der Waals surface area contributed by atoms with Crippen molar-refractivity contribution in [2.24, 2.45) is 18.9 Å². The standard InChI is InChI=1S/C15H20F3N3O2/c1-20-12(15(16,17)18)8-13(19-20)23-9-10-4-5-11(10)14(22)21-6-2-3-7-21/h8,10-11H,2-7,9H2,1H3/t10-,11-/m1/s1. The summed E-state index contributed by atoms with van der Waals surface area (Å²) in [5, 5.41) is 3.73. The van der Waals surface area contributed by atoms with Crippen LogP contribution in [0.2, 0.25) is 0 Å². The van der Waals surface area contributed by atoms with Crippen LogP contribution >= 0.6 is 0 Å². The third kappa shape index (κ3) is 3.30. The van der Waals surface area contributed by atoms with Gasteiger partial charge in [0.25, 0.3) is 0 Å². The summed E-state index contributed by atoms with van der Waals surface area (Å²) in [6.07, 6.45) is -0.655. The van der Waals surface area contributed by atoms with Crippen LogP contribution in [0.15, 0.2) is 6.07 Å². The number of ether oxygens (including phenoxy) is 1. The number of hydrogen-bond donors (Lipinski definition) is 0. The lowest BCUT2D eigenvalue weighted by molar-refractivity contribution is -0.143. The van der Waals surface area contributed by atoms with E-state index in [1.165, 1.54) is 7.05 Å². The van der Waals surface area contributed by atoms with Crippen molar-refractivity contribution in [1.82, 2.24) is 14.7 Å². The maximum absolute atomic E-state index is 12.7. The van der Waals surface area contributed by atoms with E-state index in [0.29, 0.717) is 0 Å². The van der Waals surface area contributed by atoms with Crippen LogP contribution in [-0.2, 0) is 18.0 Å². The highest BCUT2D eigenvalue weighted by molar-refractivity contribution is 5.80. The number of aryl methyl sites for hydroxylation is 1. The number of carbonyl (C=O) groups is 1. The maximum Gasteiger partial charge on any atom is 0.433 e. The van der Waals surface area contributed by atoms with Crippen molar-refractivity contribution in [3.05, 3.63) is 11.8 Å². The summed E-state index contributed by atoms with van der Waals surface area (Å²) in [7, 11) is 1.23. The molecule has 2 atom stereocenters. The number of carbonyl (C=O) groups excluding carboxylic acids is 1. The first kappa shape index (κ1) is 16.1. The van der Waals surface area contributed by atoms with Crippen molar-refractivity contribution in [3.63, 3.8) is 0 Å². The number of rotatable bonds is 4. The molecule has 0 N–H and O–H groups in total. The zero-order chi connectivity index (χ0) is 16.6. The van der Waals surface area contributed by atoms with Gasteiger partial charge in [0.05, 0.1) is 6.61 Å². The fourth-order valence-corrected chi connectivity index (χ4v) is 3.23. The lowest BCUT2D eigenvalue weighted by Gasteiger charge is -2.37. The Hall–Kier alpha value is -1.73. The average molecular weight is 331 g/mol. The summed E-state index contributed by atoms with van der Waals surface area (Å²) in [5.41, 5.74) is -0.842. The minimum atomic E-state index is -4.45. The van der Waals surface area contributed by atoms with E-state index in [0.717, 1.165) is 49.5 Å². The third-order valence-electron chi connectivity index (χ3n) is 4.75. The Balaban J connectivity index is 1.55. The predicted octanol–water partition coefficient (Wildman–Crippen LogP) is 2.47. The van der Waals surface area contributed by atoms with E-state index < -0.39 is 11.9 Å². The van der Waals surface area contributed by atoms with Crippen molar-refractivity contribution in [2.75, 3.05) is 19.7 Å². The Labute approximate surface area is 132 Å². The van der Waals surface area contributed by atoms with Gasteiger partial charge in [-0.05, 0) is 25.7 Å². The smallest absolute Gasteiger partial charge is 0.433 e. The quantitative estimate of drug-likeness (QED) is 0.851. The van der Waals surface area contributed by atoms with E-state index in [4.69, 9.17) is 4.74 Å². The highest BCUT2D eigenvalue weighted by Crippen LogP contribution is 2.37. The zero-order valence-corrected chi connectivity index (χ0v) is 13.0. The van der Waals surface area contributed by atoms with Gasteiger partial charge in [0.15, 0.2) is 0 Å². The van der Waals surface area contributed by atoms with Gasteiger partial charge < -0.3 is 9.64 Å². The minimum Gasteiger partial charge on any atom is -0.476 e. The Morgan fingerprint density at radius 3 is 2.57 bits per heavy atom. The molecular formula is C15H20F3N3O2. The van der Waals surface area contributed by atoms with Crippen LogP contribution in [0.3, 0.4) is 0 Å². The predicted molar refractivity (Wildman–Crippen MR) is 75.7 cm³/mol. The molecule has 0 radical (unpaired) electrons. The van der Waals surface area contributed by atoms with Crippen molar-refractivity contribution in [1.29, 1.82) is 0 Å². The number of aromatic nitrogens is 2. The number of hydrogen-bond acceptors (Lipinski definition) is 3. The van der Waals surface area contributed by atoms with Crippen molar-refractivity contribution >= 4 is 5.91 Å². The summed E-state index contributed by atoms with van der Waals surface area (Å²) < 4.78 is 44.3. The molecule has 2 fully saturated rings. The largest absolute Gasteiger partial charge is 0.476 e. The number of alkyl halides is 3. The molecule has 0 aromatic carbocycles. The van der Waals surface area contributed by atoms with Crippen LogP contribution in [0, 0.1) is 11.8 Å². The first-order chi connectivity index (χ1) is 10.9. The molecule has 3 rings (SSSR count). The summed E-state index contributed by atoms with van der Waals surface area (Å²) in [4.78, 5) is 14.2. The Kier molecular flexibility index (Phi) is 4.25. The van der Waals surface area contributed by atoms with E-state index in [1.807, 2.05) is 4.90 Å². The number of amides is 1. The topological polar surface area (TPSA) is 47.4 Å². The molecular weight excluding hydrogens is 311 g/mol. The second kappa shape index (κ2) is 6.05. The molecule has 1 aliphatic heterocycles. The molecule has 128 valence electrons. The lowest BCUT2D eigenvalue weighted by Crippen LogP contribution is -2.44. The van der Waals surface area contributed by atoms with Gasteiger partial charge in [0, 0.05) is 38.0 Å². The normalized spacial score (nSPS) is 24.6. The van der Waals surface area contributed by atoms with Gasteiger partial charge in [-0.15, -0.1) is 5.10 Å². The molecule has 1 saturated carbocycles. The van der Waals surface area contributed by atoms with Crippen LogP contribution < -0.4 is 4.74 Å². The zero-order valence-electron chi connectivity index (χ0n) is 13.0. The minimum absolute atomic E-state index is 0.0425. The molecule has 0 bridgehead atoms. The first-order valence-corrected chi connectivity index (χ1v) is 7.89.